The molecule has 13 heavy (non-hydrogen) atoms. The van der Waals surface area contributed by atoms with Gasteiger partial charge in [0.25, 0.3) is 0 Å². The van der Waals surface area contributed by atoms with Gasteiger partial charge in [0.15, 0.2) is 0 Å². The van der Waals surface area contributed by atoms with E-state index in [4.69, 9.17) is 4.74 Å². The molecule has 0 aromatic rings. The number of methoxy groups -OCH3 is 1. The molecule has 1 fully saturated rings. The Labute approximate surface area is 80.0 Å². The predicted molar refractivity (Wildman–Crippen MR) is 52.5 cm³/mol. The number of allylic oxidation sites excluding steroid dienone is 1. The standard InChI is InChI=1S/C11H19FO/c1-9-4-5-11(2,8-13-3)7-10(12)6-9/h10H,1,4-8H2,2-3H3. The molecule has 0 saturated heterocycles. The van der Waals surface area contributed by atoms with E-state index < -0.39 is 6.17 Å². The van der Waals surface area contributed by atoms with Crippen molar-refractivity contribution < 1.29 is 9.13 Å². The molecule has 1 rings (SSSR count). The second-order valence-corrected chi connectivity index (χ2v) is 4.50. The van der Waals surface area contributed by atoms with Crippen LogP contribution in [-0.4, -0.2) is 19.9 Å². The van der Waals surface area contributed by atoms with E-state index in [0.717, 1.165) is 18.4 Å². The highest BCUT2D eigenvalue weighted by atomic mass is 19.1. The van der Waals surface area contributed by atoms with Gasteiger partial charge in [-0.2, -0.15) is 0 Å². The Morgan fingerprint density at radius 1 is 1.69 bits per heavy atom. The van der Waals surface area contributed by atoms with Crippen LogP contribution in [0.15, 0.2) is 12.2 Å². The third-order valence-corrected chi connectivity index (χ3v) is 2.80. The van der Waals surface area contributed by atoms with Crippen molar-refractivity contribution in [1.82, 2.24) is 0 Å². The van der Waals surface area contributed by atoms with E-state index in [1.54, 1.807) is 7.11 Å². The second kappa shape index (κ2) is 4.23. The molecule has 76 valence electrons. The first-order valence-corrected chi connectivity index (χ1v) is 4.85. The molecular weight excluding hydrogens is 167 g/mol. The zero-order valence-corrected chi connectivity index (χ0v) is 8.61. The molecule has 0 aliphatic heterocycles. The molecule has 1 aliphatic rings. The van der Waals surface area contributed by atoms with Gasteiger partial charge in [-0.25, -0.2) is 4.39 Å². The summed E-state index contributed by atoms with van der Waals surface area (Å²) in [5.41, 5.74) is 1.06. The Bertz CT molecular complexity index is 191. The summed E-state index contributed by atoms with van der Waals surface area (Å²) in [6.45, 7) is 6.62. The molecule has 0 aromatic carbocycles. The van der Waals surface area contributed by atoms with Gasteiger partial charge < -0.3 is 4.74 Å². The van der Waals surface area contributed by atoms with Gasteiger partial charge in [0.05, 0.1) is 6.61 Å². The quantitative estimate of drug-likeness (QED) is 0.475. The zero-order chi connectivity index (χ0) is 9.90. The summed E-state index contributed by atoms with van der Waals surface area (Å²) in [4.78, 5) is 0. The van der Waals surface area contributed by atoms with Crippen LogP contribution in [0.1, 0.15) is 32.6 Å². The fraction of sp³-hybridized carbons (Fsp3) is 0.818. The van der Waals surface area contributed by atoms with E-state index in [1.807, 2.05) is 0 Å². The van der Waals surface area contributed by atoms with Crippen molar-refractivity contribution in [1.29, 1.82) is 0 Å². The van der Waals surface area contributed by atoms with Crippen LogP contribution >= 0.6 is 0 Å². The summed E-state index contributed by atoms with van der Waals surface area (Å²) >= 11 is 0. The lowest BCUT2D eigenvalue weighted by Crippen LogP contribution is -2.24. The zero-order valence-electron chi connectivity index (χ0n) is 8.61. The van der Waals surface area contributed by atoms with E-state index in [9.17, 15) is 4.39 Å². The highest BCUT2D eigenvalue weighted by Gasteiger charge is 2.31. The molecule has 0 N–H and O–H groups in total. The first-order chi connectivity index (χ1) is 6.06. The lowest BCUT2D eigenvalue weighted by molar-refractivity contribution is 0.0642. The van der Waals surface area contributed by atoms with Crippen molar-refractivity contribution >= 4 is 0 Å². The number of ether oxygens (including phenoxy) is 1. The van der Waals surface area contributed by atoms with Crippen molar-refractivity contribution in [2.45, 2.75) is 38.8 Å². The van der Waals surface area contributed by atoms with Crippen molar-refractivity contribution in [3.05, 3.63) is 12.2 Å². The number of rotatable bonds is 2. The van der Waals surface area contributed by atoms with Gasteiger partial charge in [-0.1, -0.05) is 19.1 Å². The molecule has 0 heterocycles. The fourth-order valence-corrected chi connectivity index (χ4v) is 2.08. The normalized spacial score (nSPS) is 35.9. The van der Waals surface area contributed by atoms with E-state index in [1.165, 1.54) is 0 Å². The Hall–Kier alpha value is -0.370. The molecule has 1 aliphatic carbocycles. The summed E-state index contributed by atoms with van der Waals surface area (Å²) in [6, 6.07) is 0. The van der Waals surface area contributed by atoms with Crippen LogP contribution in [-0.2, 0) is 4.74 Å². The number of alkyl halides is 1. The van der Waals surface area contributed by atoms with Gasteiger partial charge in [0.1, 0.15) is 6.17 Å². The maximum Gasteiger partial charge on any atom is 0.104 e. The largest absolute Gasteiger partial charge is 0.384 e. The highest BCUT2D eigenvalue weighted by Crippen LogP contribution is 2.37. The monoisotopic (exact) mass is 186 g/mol. The summed E-state index contributed by atoms with van der Waals surface area (Å²) in [5, 5.41) is 0. The molecule has 0 amide bonds. The minimum atomic E-state index is -0.727. The average molecular weight is 186 g/mol. The van der Waals surface area contributed by atoms with Crippen molar-refractivity contribution in [3.8, 4) is 0 Å². The molecule has 2 unspecified atom stereocenters. The maximum atomic E-state index is 13.4. The molecule has 2 heteroatoms. The molecule has 0 radical (unpaired) electrons. The van der Waals surface area contributed by atoms with Crippen LogP contribution < -0.4 is 0 Å². The smallest absolute Gasteiger partial charge is 0.104 e. The van der Waals surface area contributed by atoms with Crippen molar-refractivity contribution in [2.75, 3.05) is 13.7 Å². The first-order valence-electron chi connectivity index (χ1n) is 4.85. The summed E-state index contributed by atoms with van der Waals surface area (Å²) in [6.07, 6.45) is 2.37. The average Bonchev–Trinajstić information content (AvgIpc) is 2.11. The molecule has 1 saturated carbocycles. The molecule has 2 atom stereocenters. The molecule has 0 bridgehead atoms. The third kappa shape index (κ3) is 3.11. The van der Waals surface area contributed by atoms with Crippen molar-refractivity contribution in [2.24, 2.45) is 5.41 Å². The Morgan fingerprint density at radius 2 is 2.38 bits per heavy atom. The molecular formula is C11H19FO. The van der Waals surface area contributed by atoms with Crippen molar-refractivity contribution in [3.63, 3.8) is 0 Å². The van der Waals surface area contributed by atoms with Gasteiger partial charge in [0.2, 0.25) is 0 Å². The van der Waals surface area contributed by atoms with Gasteiger partial charge in [-0.3, -0.25) is 0 Å². The van der Waals surface area contributed by atoms with E-state index in [0.29, 0.717) is 19.4 Å². The van der Waals surface area contributed by atoms with Gasteiger partial charge in [0, 0.05) is 7.11 Å². The Balaban J connectivity index is 2.60. The summed E-state index contributed by atoms with van der Waals surface area (Å²) in [7, 11) is 1.68. The number of hydrogen-bond acceptors (Lipinski definition) is 1. The minimum absolute atomic E-state index is 0.00755. The lowest BCUT2D eigenvalue weighted by atomic mass is 9.83. The van der Waals surface area contributed by atoms with Gasteiger partial charge in [-0.05, 0) is 31.1 Å². The fourth-order valence-electron chi connectivity index (χ4n) is 2.08. The minimum Gasteiger partial charge on any atom is -0.384 e. The Kier molecular flexibility index (Phi) is 3.48. The molecule has 0 aromatic heterocycles. The Morgan fingerprint density at radius 3 is 3.00 bits per heavy atom. The SMILES string of the molecule is C=C1CCC(C)(COC)CC(F)C1. The van der Waals surface area contributed by atoms with Crippen LogP contribution in [0.3, 0.4) is 0 Å². The van der Waals surface area contributed by atoms with Crippen LogP contribution in [0, 0.1) is 5.41 Å². The summed E-state index contributed by atoms with van der Waals surface area (Å²) in [5.74, 6) is 0. The van der Waals surface area contributed by atoms with Gasteiger partial charge >= 0.3 is 0 Å². The third-order valence-electron chi connectivity index (χ3n) is 2.80. The summed E-state index contributed by atoms with van der Waals surface area (Å²) < 4.78 is 18.5. The number of hydrogen-bond donors (Lipinski definition) is 0. The maximum absolute atomic E-state index is 13.4. The molecule has 1 nitrogen and oxygen atoms in total. The van der Waals surface area contributed by atoms with Crippen LogP contribution in [0.25, 0.3) is 0 Å². The van der Waals surface area contributed by atoms with Crippen LogP contribution in [0.4, 0.5) is 4.39 Å². The van der Waals surface area contributed by atoms with E-state index >= 15 is 0 Å². The molecule has 0 spiro atoms. The van der Waals surface area contributed by atoms with E-state index in [2.05, 4.69) is 13.5 Å². The lowest BCUT2D eigenvalue weighted by Gasteiger charge is -2.27. The van der Waals surface area contributed by atoms with Crippen LogP contribution in [0.2, 0.25) is 0 Å². The number of halogens is 1. The first kappa shape index (κ1) is 10.7. The van der Waals surface area contributed by atoms with Gasteiger partial charge in [-0.15, -0.1) is 0 Å². The van der Waals surface area contributed by atoms with Crippen LogP contribution in [0.5, 0.6) is 0 Å². The topological polar surface area (TPSA) is 9.23 Å². The second-order valence-electron chi connectivity index (χ2n) is 4.50. The highest BCUT2D eigenvalue weighted by molar-refractivity contribution is 5.01. The van der Waals surface area contributed by atoms with E-state index in [-0.39, 0.29) is 5.41 Å². The predicted octanol–water partition coefficient (Wildman–Crippen LogP) is 3.11.